The second kappa shape index (κ2) is 11.8. The summed E-state index contributed by atoms with van der Waals surface area (Å²) in [4.78, 5) is 30.7. The third-order valence-corrected chi connectivity index (χ3v) is 6.30. The van der Waals surface area contributed by atoms with Crippen molar-refractivity contribution in [2.75, 3.05) is 26.3 Å². The van der Waals surface area contributed by atoms with Gasteiger partial charge in [0.05, 0.1) is 24.2 Å². The van der Waals surface area contributed by atoms with E-state index in [1.807, 2.05) is 19.1 Å². The van der Waals surface area contributed by atoms with E-state index in [1.165, 1.54) is 4.88 Å². The highest BCUT2D eigenvalue weighted by atomic mass is 32.1. The molecule has 2 amide bonds. The van der Waals surface area contributed by atoms with Crippen LogP contribution in [-0.4, -0.2) is 47.7 Å². The third kappa shape index (κ3) is 5.95. The molecule has 7 nitrogen and oxygen atoms in total. The average Bonchev–Trinajstić information content (AvgIpc) is 3.44. The Kier molecular flexibility index (Phi) is 8.81. The van der Waals surface area contributed by atoms with Crippen molar-refractivity contribution in [3.05, 3.63) is 52.0 Å². The zero-order valence-electron chi connectivity index (χ0n) is 19.0. The lowest BCUT2D eigenvalue weighted by Gasteiger charge is -2.18. The van der Waals surface area contributed by atoms with E-state index in [9.17, 15) is 9.59 Å². The van der Waals surface area contributed by atoms with Gasteiger partial charge in [-0.25, -0.2) is 4.98 Å². The topological polar surface area (TPSA) is 85.2 Å². The van der Waals surface area contributed by atoms with Crippen LogP contribution in [0.15, 0.2) is 35.7 Å². The maximum Gasteiger partial charge on any atom is 0.251 e. The number of nitrogens with zero attached hydrogens (tertiary/aromatic N) is 2. The Morgan fingerprint density at radius 3 is 2.66 bits per heavy atom. The van der Waals surface area contributed by atoms with Crippen molar-refractivity contribution in [1.29, 1.82) is 0 Å². The molecule has 3 aromatic rings. The molecule has 2 aromatic heterocycles. The normalized spacial score (nSPS) is 11.2. The largest absolute Gasteiger partial charge is 0.380 e. The van der Waals surface area contributed by atoms with Crippen molar-refractivity contribution < 1.29 is 14.3 Å². The predicted molar refractivity (Wildman–Crippen MR) is 128 cm³/mol. The Morgan fingerprint density at radius 2 is 1.97 bits per heavy atom. The fourth-order valence-corrected chi connectivity index (χ4v) is 4.48. The van der Waals surface area contributed by atoms with E-state index in [-0.39, 0.29) is 18.4 Å². The van der Waals surface area contributed by atoms with Gasteiger partial charge in [0.25, 0.3) is 5.91 Å². The van der Waals surface area contributed by atoms with Crippen LogP contribution in [0.4, 0.5) is 0 Å². The highest BCUT2D eigenvalue weighted by Gasteiger charge is 2.19. The molecule has 0 bridgehead atoms. The zero-order valence-corrected chi connectivity index (χ0v) is 19.8. The fraction of sp³-hybridized carbons (Fsp3) is 0.458. The molecule has 0 saturated carbocycles. The molecule has 0 unspecified atom stereocenters. The van der Waals surface area contributed by atoms with E-state index in [4.69, 9.17) is 9.72 Å². The van der Waals surface area contributed by atoms with Gasteiger partial charge < -0.3 is 19.9 Å². The monoisotopic (exact) mass is 456 g/mol. The second-order valence-electron chi connectivity index (χ2n) is 7.56. The summed E-state index contributed by atoms with van der Waals surface area (Å²) in [6.45, 7) is 7.70. The molecule has 1 aromatic carbocycles. The maximum atomic E-state index is 12.6. The van der Waals surface area contributed by atoms with Crippen LogP contribution in [0.1, 0.15) is 60.7 Å². The Hall–Kier alpha value is -2.71. The van der Waals surface area contributed by atoms with E-state index in [0.29, 0.717) is 31.4 Å². The van der Waals surface area contributed by atoms with Crippen LogP contribution in [0.5, 0.6) is 0 Å². The van der Waals surface area contributed by atoms with Crippen molar-refractivity contribution in [2.24, 2.45) is 0 Å². The molecule has 0 radical (unpaired) electrons. The van der Waals surface area contributed by atoms with Crippen molar-refractivity contribution in [3.8, 4) is 0 Å². The molecule has 8 heteroatoms. The lowest BCUT2D eigenvalue weighted by molar-refractivity contribution is -0.120. The molecule has 0 saturated heterocycles. The van der Waals surface area contributed by atoms with Crippen molar-refractivity contribution in [2.45, 2.75) is 46.1 Å². The SMILES string of the molecule is CCOCCNC(=O)CNC(=O)c1ccc2c(c1)nc(Cc1cccs1)n2C(CC)CC. The lowest BCUT2D eigenvalue weighted by Crippen LogP contribution is -2.38. The van der Waals surface area contributed by atoms with Gasteiger partial charge in [-0.05, 0) is 49.4 Å². The van der Waals surface area contributed by atoms with Gasteiger partial charge in [-0.3, -0.25) is 9.59 Å². The first-order chi connectivity index (χ1) is 15.6. The van der Waals surface area contributed by atoms with Crippen LogP contribution in [0.2, 0.25) is 0 Å². The summed E-state index contributed by atoms with van der Waals surface area (Å²) in [6.07, 6.45) is 2.80. The number of benzene rings is 1. The maximum absolute atomic E-state index is 12.6. The molecule has 0 fully saturated rings. The van der Waals surface area contributed by atoms with Gasteiger partial charge in [-0.1, -0.05) is 19.9 Å². The number of carbonyl (C=O) groups excluding carboxylic acids is 2. The smallest absolute Gasteiger partial charge is 0.251 e. The molecule has 0 aliphatic heterocycles. The first-order valence-corrected chi connectivity index (χ1v) is 12.1. The lowest BCUT2D eigenvalue weighted by atomic mass is 10.1. The number of imidazole rings is 1. The van der Waals surface area contributed by atoms with Crippen molar-refractivity contribution >= 4 is 34.2 Å². The van der Waals surface area contributed by atoms with E-state index < -0.39 is 0 Å². The van der Waals surface area contributed by atoms with Gasteiger partial charge >= 0.3 is 0 Å². The molecule has 0 aliphatic rings. The number of nitrogens with one attached hydrogen (secondary N) is 2. The van der Waals surface area contributed by atoms with Crippen molar-refractivity contribution in [1.82, 2.24) is 20.2 Å². The van der Waals surface area contributed by atoms with Crippen LogP contribution in [-0.2, 0) is 16.0 Å². The predicted octanol–water partition coefficient (Wildman–Crippen LogP) is 3.93. The van der Waals surface area contributed by atoms with Crippen LogP contribution < -0.4 is 10.6 Å². The first-order valence-electron chi connectivity index (χ1n) is 11.2. The first kappa shape index (κ1) is 23.9. The highest BCUT2D eigenvalue weighted by Crippen LogP contribution is 2.28. The Labute approximate surface area is 193 Å². The number of rotatable bonds is 12. The number of aromatic nitrogens is 2. The molecule has 0 aliphatic carbocycles. The van der Waals surface area contributed by atoms with Crippen LogP contribution >= 0.6 is 11.3 Å². The molecular weight excluding hydrogens is 424 g/mol. The summed E-state index contributed by atoms with van der Waals surface area (Å²) in [6, 6.07) is 10.1. The Bertz CT molecular complexity index is 1030. The summed E-state index contributed by atoms with van der Waals surface area (Å²) in [5.74, 6) is 0.488. The van der Waals surface area contributed by atoms with Crippen LogP contribution in [0.3, 0.4) is 0 Å². The molecule has 172 valence electrons. The molecule has 0 atom stereocenters. The van der Waals surface area contributed by atoms with Gasteiger partial charge in [-0.2, -0.15) is 0 Å². The number of carbonyl (C=O) groups is 2. The molecule has 3 rings (SSSR count). The number of thiophene rings is 1. The van der Waals surface area contributed by atoms with E-state index in [1.54, 1.807) is 17.4 Å². The quantitative estimate of drug-likeness (QED) is 0.405. The minimum atomic E-state index is -0.288. The Balaban J connectivity index is 1.75. The van der Waals surface area contributed by atoms with Gasteiger partial charge in [0.1, 0.15) is 5.82 Å². The summed E-state index contributed by atoms with van der Waals surface area (Å²) in [7, 11) is 0. The Morgan fingerprint density at radius 1 is 1.16 bits per heavy atom. The van der Waals surface area contributed by atoms with Crippen molar-refractivity contribution in [3.63, 3.8) is 0 Å². The minimum absolute atomic E-state index is 0.0746. The van der Waals surface area contributed by atoms with Crippen LogP contribution in [0, 0.1) is 0 Å². The number of fused-ring (bicyclic) bond motifs is 1. The van der Waals surface area contributed by atoms with E-state index in [2.05, 4.69) is 46.6 Å². The molecule has 0 spiro atoms. The number of hydrogen-bond donors (Lipinski definition) is 2. The van der Waals surface area contributed by atoms with Gasteiger partial charge in [0.15, 0.2) is 0 Å². The summed E-state index contributed by atoms with van der Waals surface area (Å²) < 4.78 is 7.51. The van der Waals surface area contributed by atoms with Gasteiger partial charge in [-0.15, -0.1) is 11.3 Å². The van der Waals surface area contributed by atoms with Crippen LogP contribution in [0.25, 0.3) is 11.0 Å². The van der Waals surface area contributed by atoms with Gasteiger partial charge in [0, 0.05) is 36.1 Å². The standard InChI is InChI=1S/C24H32N4O3S/c1-4-18(5-2)28-21-10-9-17(24(30)26-16-23(29)25-11-12-31-6-3)14-20(21)27-22(28)15-19-8-7-13-32-19/h7-10,13-14,18H,4-6,11-12,15-16H2,1-3H3,(H,25,29)(H,26,30). The zero-order chi connectivity index (χ0) is 22.9. The number of amides is 2. The third-order valence-electron chi connectivity index (χ3n) is 5.43. The fourth-order valence-electron chi connectivity index (χ4n) is 3.78. The van der Waals surface area contributed by atoms with E-state index in [0.717, 1.165) is 36.1 Å². The minimum Gasteiger partial charge on any atom is -0.380 e. The second-order valence-corrected chi connectivity index (χ2v) is 8.59. The molecule has 2 N–H and O–H groups in total. The average molecular weight is 457 g/mol. The molecular formula is C24H32N4O3S. The number of ether oxygens (including phenoxy) is 1. The molecule has 32 heavy (non-hydrogen) atoms. The number of hydrogen-bond acceptors (Lipinski definition) is 5. The summed E-state index contributed by atoms with van der Waals surface area (Å²) in [5, 5.41) is 7.48. The van der Waals surface area contributed by atoms with E-state index >= 15 is 0 Å². The summed E-state index contributed by atoms with van der Waals surface area (Å²) >= 11 is 1.73. The van der Waals surface area contributed by atoms with Gasteiger partial charge in [0.2, 0.25) is 5.91 Å². The molecule has 2 heterocycles. The highest BCUT2D eigenvalue weighted by molar-refractivity contribution is 7.09. The summed E-state index contributed by atoms with van der Waals surface area (Å²) in [5.41, 5.74) is 2.34.